The van der Waals surface area contributed by atoms with Crippen LogP contribution in [-0.4, -0.2) is 67.6 Å². The van der Waals surface area contributed by atoms with E-state index < -0.39 is 0 Å². The summed E-state index contributed by atoms with van der Waals surface area (Å²) in [4.78, 5) is 16.7. The zero-order valence-electron chi connectivity index (χ0n) is 13.0. The van der Waals surface area contributed by atoms with Gasteiger partial charge in [-0.1, -0.05) is 15.9 Å². The monoisotopic (exact) mass is 403 g/mol. The maximum atomic E-state index is 12.3. The van der Waals surface area contributed by atoms with Crippen LogP contribution in [0.1, 0.15) is 6.42 Å². The number of rotatable bonds is 4. The molecule has 1 unspecified atom stereocenters. The van der Waals surface area contributed by atoms with Crippen molar-refractivity contribution in [1.82, 2.24) is 15.1 Å². The minimum atomic E-state index is 0. The number of piperazine rings is 1. The summed E-state index contributed by atoms with van der Waals surface area (Å²) in [6.45, 7) is 6.08. The molecule has 0 bridgehead atoms. The van der Waals surface area contributed by atoms with Crippen molar-refractivity contribution in [3.05, 3.63) is 28.7 Å². The first-order valence-electron chi connectivity index (χ1n) is 7.83. The van der Waals surface area contributed by atoms with E-state index in [9.17, 15) is 4.79 Å². The summed E-state index contributed by atoms with van der Waals surface area (Å²) in [5.41, 5.74) is 0. The number of ether oxygens (including phenoxy) is 1. The molecule has 7 heteroatoms. The van der Waals surface area contributed by atoms with Crippen molar-refractivity contribution in [3.63, 3.8) is 0 Å². The molecule has 0 aromatic heterocycles. The average molecular weight is 405 g/mol. The van der Waals surface area contributed by atoms with Crippen molar-refractivity contribution in [2.75, 3.05) is 45.9 Å². The van der Waals surface area contributed by atoms with Gasteiger partial charge in [0.05, 0.1) is 0 Å². The van der Waals surface area contributed by atoms with Crippen LogP contribution in [0.25, 0.3) is 0 Å². The average Bonchev–Trinajstić information content (AvgIpc) is 3.05. The molecule has 1 aromatic rings. The molecule has 3 rings (SSSR count). The van der Waals surface area contributed by atoms with E-state index in [1.165, 1.54) is 0 Å². The quantitative estimate of drug-likeness (QED) is 0.830. The van der Waals surface area contributed by atoms with Gasteiger partial charge in [-0.05, 0) is 30.7 Å². The van der Waals surface area contributed by atoms with Crippen molar-refractivity contribution in [1.29, 1.82) is 0 Å². The van der Waals surface area contributed by atoms with Gasteiger partial charge in [-0.15, -0.1) is 12.4 Å². The number of benzene rings is 1. The minimum Gasteiger partial charge on any atom is -0.484 e. The SMILES string of the molecule is Cl.O=C(COc1ccc(Br)cc1)N1CCC(N2CCNCC2)C1. The number of carbonyl (C=O) groups excluding carboxylic acids is 1. The van der Waals surface area contributed by atoms with Crippen LogP contribution in [0.2, 0.25) is 0 Å². The van der Waals surface area contributed by atoms with Crippen LogP contribution in [0.15, 0.2) is 28.7 Å². The van der Waals surface area contributed by atoms with Crippen LogP contribution < -0.4 is 10.1 Å². The molecule has 1 N–H and O–H groups in total. The first kappa shape index (κ1) is 18.5. The summed E-state index contributed by atoms with van der Waals surface area (Å²) in [7, 11) is 0. The number of likely N-dealkylation sites (tertiary alicyclic amines) is 1. The molecule has 23 heavy (non-hydrogen) atoms. The van der Waals surface area contributed by atoms with Gasteiger partial charge in [-0.2, -0.15) is 0 Å². The molecule has 2 fully saturated rings. The second-order valence-electron chi connectivity index (χ2n) is 5.81. The van der Waals surface area contributed by atoms with Crippen LogP contribution in [0.5, 0.6) is 5.75 Å². The smallest absolute Gasteiger partial charge is 0.260 e. The molecule has 2 aliphatic rings. The Balaban J connectivity index is 0.00000192. The van der Waals surface area contributed by atoms with E-state index in [1.807, 2.05) is 29.2 Å². The summed E-state index contributed by atoms with van der Waals surface area (Å²) in [6.07, 6.45) is 1.07. The van der Waals surface area contributed by atoms with Crippen LogP contribution >= 0.6 is 28.3 Å². The highest BCUT2D eigenvalue weighted by Crippen LogP contribution is 2.18. The maximum absolute atomic E-state index is 12.3. The first-order chi connectivity index (χ1) is 10.7. The fourth-order valence-electron chi connectivity index (χ4n) is 3.08. The minimum absolute atomic E-state index is 0. The summed E-state index contributed by atoms with van der Waals surface area (Å²) in [5, 5.41) is 3.37. The second-order valence-corrected chi connectivity index (χ2v) is 6.73. The molecule has 5 nitrogen and oxygen atoms in total. The van der Waals surface area contributed by atoms with Crippen molar-refractivity contribution >= 4 is 34.2 Å². The molecule has 0 radical (unpaired) electrons. The van der Waals surface area contributed by atoms with Gasteiger partial charge in [0.25, 0.3) is 5.91 Å². The Labute approximate surface area is 151 Å². The predicted octanol–water partition coefficient (Wildman–Crippen LogP) is 1.76. The zero-order chi connectivity index (χ0) is 15.4. The Hall–Kier alpha value is -0.820. The summed E-state index contributed by atoms with van der Waals surface area (Å²) >= 11 is 3.38. The highest BCUT2D eigenvalue weighted by atomic mass is 79.9. The molecule has 2 heterocycles. The largest absolute Gasteiger partial charge is 0.484 e. The highest BCUT2D eigenvalue weighted by molar-refractivity contribution is 9.10. The van der Waals surface area contributed by atoms with E-state index in [1.54, 1.807) is 0 Å². The third-order valence-corrected chi connectivity index (χ3v) is 4.89. The Morgan fingerprint density at radius 3 is 2.61 bits per heavy atom. The van der Waals surface area contributed by atoms with E-state index in [0.29, 0.717) is 6.04 Å². The van der Waals surface area contributed by atoms with Gasteiger partial charge in [0.2, 0.25) is 0 Å². The third-order valence-electron chi connectivity index (χ3n) is 4.36. The number of halogens is 2. The Kier molecular flexibility index (Phi) is 7.14. The van der Waals surface area contributed by atoms with E-state index in [2.05, 4.69) is 26.1 Å². The highest BCUT2D eigenvalue weighted by Gasteiger charge is 2.30. The lowest BCUT2D eigenvalue weighted by molar-refractivity contribution is -0.132. The van der Waals surface area contributed by atoms with Crippen LogP contribution in [0.3, 0.4) is 0 Å². The van der Waals surface area contributed by atoms with Gasteiger partial charge in [-0.25, -0.2) is 0 Å². The number of hydrogen-bond donors (Lipinski definition) is 1. The van der Waals surface area contributed by atoms with Gasteiger partial charge in [0.1, 0.15) is 5.75 Å². The van der Waals surface area contributed by atoms with Crippen molar-refractivity contribution in [2.24, 2.45) is 0 Å². The lowest BCUT2D eigenvalue weighted by Crippen LogP contribution is -2.49. The molecule has 128 valence electrons. The van der Waals surface area contributed by atoms with E-state index in [-0.39, 0.29) is 24.9 Å². The number of nitrogens with zero attached hydrogens (tertiary/aromatic N) is 2. The Morgan fingerprint density at radius 2 is 1.91 bits per heavy atom. The first-order valence-corrected chi connectivity index (χ1v) is 8.62. The standard InChI is InChI=1S/C16H22BrN3O2.ClH/c17-13-1-3-15(4-2-13)22-12-16(21)20-8-5-14(11-20)19-9-6-18-7-10-19;/h1-4,14,18H,5-12H2;1H. The van der Waals surface area contributed by atoms with E-state index in [4.69, 9.17) is 4.74 Å². The van der Waals surface area contributed by atoms with Gasteiger partial charge in [-0.3, -0.25) is 9.69 Å². The van der Waals surface area contributed by atoms with Gasteiger partial charge >= 0.3 is 0 Å². The Morgan fingerprint density at radius 1 is 1.22 bits per heavy atom. The summed E-state index contributed by atoms with van der Waals surface area (Å²) < 4.78 is 6.58. The number of hydrogen-bond acceptors (Lipinski definition) is 4. The molecule has 1 atom stereocenters. The molecular formula is C16H23BrClN3O2. The molecule has 2 aliphatic heterocycles. The van der Waals surface area contributed by atoms with Crippen LogP contribution in [-0.2, 0) is 4.79 Å². The lowest BCUT2D eigenvalue weighted by atomic mass is 10.2. The summed E-state index contributed by atoms with van der Waals surface area (Å²) in [6, 6.07) is 8.07. The molecular weight excluding hydrogens is 382 g/mol. The molecule has 1 aromatic carbocycles. The van der Waals surface area contributed by atoms with Gasteiger partial charge < -0.3 is 15.0 Å². The van der Waals surface area contributed by atoms with E-state index in [0.717, 1.165) is 55.9 Å². The molecule has 0 saturated carbocycles. The van der Waals surface area contributed by atoms with Gasteiger partial charge in [0, 0.05) is 49.8 Å². The lowest BCUT2D eigenvalue weighted by Gasteiger charge is -2.32. The predicted molar refractivity (Wildman–Crippen MR) is 96.3 cm³/mol. The topological polar surface area (TPSA) is 44.8 Å². The number of carbonyl (C=O) groups is 1. The van der Waals surface area contributed by atoms with Crippen LogP contribution in [0, 0.1) is 0 Å². The second kappa shape index (κ2) is 8.87. The van der Waals surface area contributed by atoms with E-state index >= 15 is 0 Å². The molecule has 1 amide bonds. The van der Waals surface area contributed by atoms with Crippen molar-refractivity contribution in [3.8, 4) is 5.75 Å². The molecule has 2 saturated heterocycles. The fourth-order valence-corrected chi connectivity index (χ4v) is 3.35. The normalized spacial score (nSPS) is 21.8. The van der Waals surface area contributed by atoms with Crippen LogP contribution in [0.4, 0.5) is 0 Å². The van der Waals surface area contributed by atoms with Gasteiger partial charge in [0.15, 0.2) is 6.61 Å². The number of nitrogens with one attached hydrogen (secondary N) is 1. The van der Waals surface area contributed by atoms with Crippen molar-refractivity contribution in [2.45, 2.75) is 12.5 Å². The maximum Gasteiger partial charge on any atom is 0.260 e. The molecule has 0 spiro atoms. The zero-order valence-corrected chi connectivity index (χ0v) is 15.4. The summed E-state index contributed by atoms with van der Waals surface area (Å²) in [5.74, 6) is 0.815. The third kappa shape index (κ3) is 5.08. The number of amides is 1. The fraction of sp³-hybridized carbons (Fsp3) is 0.562. The van der Waals surface area contributed by atoms with Crippen molar-refractivity contribution < 1.29 is 9.53 Å². The molecule has 0 aliphatic carbocycles. The Bertz CT molecular complexity index is 509.